The van der Waals surface area contributed by atoms with Crippen molar-refractivity contribution < 1.29 is 15.1 Å². The predicted octanol–water partition coefficient (Wildman–Crippen LogP) is 7.22. The van der Waals surface area contributed by atoms with Crippen LogP contribution in [0.4, 0.5) is 0 Å². The van der Waals surface area contributed by atoms with E-state index >= 15 is 0 Å². The van der Waals surface area contributed by atoms with E-state index < -0.39 is 11.5 Å². The van der Waals surface area contributed by atoms with Gasteiger partial charge in [0.15, 0.2) is 0 Å². The first kappa shape index (κ1) is 26.5. The average Bonchev–Trinajstić information content (AvgIpc) is 3.22. The summed E-state index contributed by atoms with van der Waals surface area (Å²) >= 11 is 0. The molecule has 4 aliphatic rings. The number of aliphatic hydroxyl groups is 1. The van der Waals surface area contributed by atoms with E-state index in [0.29, 0.717) is 41.4 Å². The highest BCUT2D eigenvalue weighted by Crippen LogP contribution is 2.66. The lowest BCUT2D eigenvalue weighted by atomic mass is 9.44. The van der Waals surface area contributed by atoms with E-state index in [4.69, 9.17) is 0 Å². The van der Waals surface area contributed by atoms with E-state index in [1.807, 2.05) is 0 Å². The summed E-state index contributed by atoms with van der Waals surface area (Å²) < 4.78 is 0. The Balaban J connectivity index is 1.69. The molecule has 1 aliphatic heterocycles. The molecule has 9 atom stereocenters. The van der Waals surface area contributed by atoms with E-state index in [-0.39, 0.29) is 17.4 Å². The number of carbonyl (C=O) groups is 1. The second kappa shape index (κ2) is 9.69. The number of hydrogen-bond acceptors (Lipinski definition) is 3. The molecule has 0 spiro atoms. The van der Waals surface area contributed by atoms with E-state index in [1.165, 1.54) is 25.7 Å². The number of amides is 1. The molecule has 4 rings (SSSR count). The maximum atomic E-state index is 13.9. The Hall–Kier alpha value is -0.610. The van der Waals surface area contributed by atoms with Gasteiger partial charge in [0.1, 0.15) is 0 Å². The van der Waals surface area contributed by atoms with Crippen LogP contribution >= 0.6 is 0 Å². The Labute approximate surface area is 209 Å². The van der Waals surface area contributed by atoms with Crippen molar-refractivity contribution in [2.24, 2.45) is 45.8 Å². The topological polar surface area (TPSA) is 60.8 Å². The van der Waals surface area contributed by atoms with Crippen LogP contribution in [-0.2, 0) is 4.79 Å². The molecule has 4 nitrogen and oxygen atoms in total. The van der Waals surface area contributed by atoms with Crippen LogP contribution in [0.2, 0.25) is 0 Å². The number of hydrogen-bond donors (Lipinski definition) is 2. The lowest BCUT2D eigenvalue weighted by Gasteiger charge is -2.64. The van der Waals surface area contributed by atoms with Gasteiger partial charge in [0.05, 0.1) is 17.6 Å². The lowest BCUT2D eigenvalue weighted by Crippen LogP contribution is -2.68. The van der Waals surface area contributed by atoms with Gasteiger partial charge in [0, 0.05) is 0 Å². The van der Waals surface area contributed by atoms with Crippen molar-refractivity contribution in [3.05, 3.63) is 0 Å². The summed E-state index contributed by atoms with van der Waals surface area (Å²) in [7, 11) is 0. The first-order chi connectivity index (χ1) is 16.0. The summed E-state index contributed by atoms with van der Waals surface area (Å²) in [5, 5.41) is 24.0. The molecule has 34 heavy (non-hydrogen) atoms. The molecule has 4 fully saturated rings. The molecule has 0 aromatic carbocycles. The normalized spacial score (nSPS) is 45.9. The molecule has 1 amide bonds. The van der Waals surface area contributed by atoms with Crippen molar-refractivity contribution >= 4 is 5.91 Å². The number of fused-ring (bicyclic) bond motifs is 5. The smallest absolute Gasteiger partial charge is 0.252 e. The van der Waals surface area contributed by atoms with E-state index in [1.54, 1.807) is 0 Å². The van der Waals surface area contributed by atoms with Crippen LogP contribution < -0.4 is 0 Å². The highest BCUT2D eigenvalue weighted by molar-refractivity contribution is 5.83. The van der Waals surface area contributed by atoms with Crippen LogP contribution in [0, 0.1) is 45.8 Å². The zero-order valence-electron chi connectivity index (χ0n) is 23.0. The molecule has 0 bridgehead atoms. The molecule has 1 heterocycles. The molecule has 3 saturated carbocycles. The van der Waals surface area contributed by atoms with E-state index in [0.717, 1.165) is 56.4 Å². The summed E-state index contributed by atoms with van der Waals surface area (Å²) in [5.74, 6) is 2.46. The number of hydroxylamine groups is 2. The van der Waals surface area contributed by atoms with Crippen molar-refractivity contribution in [3.63, 3.8) is 0 Å². The van der Waals surface area contributed by atoms with Crippen LogP contribution in [0.3, 0.4) is 0 Å². The number of piperidine rings is 1. The fourth-order valence-electron chi connectivity index (χ4n) is 9.18. The van der Waals surface area contributed by atoms with Gasteiger partial charge in [-0.25, -0.2) is 5.06 Å². The molecule has 0 aromatic rings. The third kappa shape index (κ3) is 4.27. The maximum absolute atomic E-state index is 13.9. The summed E-state index contributed by atoms with van der Waals surface area (Å²) in [6.45, 7) is 13.9. The zero-order valence-corrected chi connectivity index (χ0v) is 23.0. The standard InChI is InChI=1S/C30H53NO3/c1-7-20(3)11-16-30(17-12-21(4)8-2)19-29(6)23-13-15-28(5)14-9-10-22(28)26(23)24(32)18-25(29)31(34)27(30)33/h20-26,32,34H,7-19H2,1-6H3/t20?,21?,22-,23+,24?,25?,26-,28-,29+,30?/m0/s1. The fourth-order valence-corrected chi connectivity index (χ4v) is 9.18. The Morgan fingerprint density at radius 1 is 1.00 bits per heavy atom. The minimum absolute atomic E-state index is 0.0475. The average molecular weight is 476 g/mol. The lowest BCUT2D eigenvalue weighted by molar-refractivity contribution is -0.257. The SMILES string of the molecule is CCC(C)CCC1(CCC(C)CC)C[C@@]2(C)C(CC(O)[C@@H]3[C@H]2CC[C@]2(C)CCC[C@@H]32)N(O)C1=O. The van der Waals surface area contributed by atoms with Gasteiger partial charge in [-0.05, 0) is 105 Å². The number of carbonyl (C=O) groups excluding carboxylic acids is 1. The Kier molecular flexibility index (Phi) is 7.54. The zero-order chi connectivity index (χ0) is 24.9. The first-order valence-corrected chi connectivity index (χ1v) is 14.7. The molecular weight excluding hydrogens is 422 g/mol. The van der Waals surface area contributed by atoms with Crippen molar-refractivity contribution in [2.75, 3.05) is 0 Å². The number of aliphatic hydroxyl groups excluding tert-OH is 1. The van der Waals surface area contributed by atoms with Gasteiger partial charge < -0.3 is 5.11 Å². The quantitative estimate of drug-likeness (QED) is 0.364. The van der Waals surface area contributed by atoms with Crippen molar-refractivity contribution in [1.29, 1.82) is 0 Å². The number of rotatable bonds is 8. The number of nitrogens with zero attached hydrogens (tertiary/aromatic N) is 1. The summed E-state index contributed by atoms with van der Waals surface area (Å²) in [4.78, 5) is 13.9. The molecular formula is C30H53NO3. The van der Waals surface area contributed by atoms with Crippen LogP contribution in [0.1, 0.15) is 125 Å². The molecule has 0 radical (unpaired) electrons. The molecule has 4 heteroatoms. The monoisotopic (exact) mass is 475 g/mol. The third-order valence-electron chi connectivity index (χ3n) is 11.9. The Morgan fingerprint density at radius 2 is 1.62 bits per heavy atom. The van der Waals surface area contributed by atoms with Crippen LogP contribution in [0.5, 0.6) is 0 Å². The van der Waals surface area contributed by atoms with Gasteiger partial charge in [-0.1, -0.05) is 60.8 Å². The second-order valence-corrected chi connectivity index (χ2v) is 13.9. The predicted molar refractivity (Wildman–Crippen MR) is 137 cm³/mol. The molecule has 2 N–H and O–H groups in total. The van der Waals surface area contributed by atoms with Gasteiger partial charge in [-0.2, -0.15) is 0 Å². The van der Waals surface area contributed by atoms with Gasteiger partial charge >= 0.3 is 0 Å². The third-order valence-corrected chi connectivity index (χ3v) is 11.9. The maximum Gasteiger partial charge on any atom is 0.252 e. The van der Waals surface area contributed by atoms with Crippen molar-refractivity contribution in [3.8, 4) is 0 Å². The highest BCUT2D eigenvalue weighted by atomic mass is 16.5. The minimum atomic E-state index is -0.462. The summed E-state index contributed by atoms with van der Waals surface area (Å²) in [6, 6.07) is -0.248. The second-order valence-electron chi connectivity index (χ2n) is 13.9. The van der Waals surface area contributed by atoms with E-state index in [2.05, 4.69) is 41.5 Å². The molecule has 4 unspecified atom stereocenters. The fraction of sp³-hybridized carbons (Fsp3) is 0.967. The van der Waals surface area contributed by atoms with E-state index in [9.17, 15) is 15.1 Å². The van der Waals surface area contributed by atoms with Crippen molar-refractivity contribution in [1.82, 2.24) is 5.06 Å². The minimum Gasteiger partial charge on any atom is -0.393 e. The largest absolute Gasteiger partial charge is 0.393 e. The molecule has 1 saturated heterocycles. The van der Waals surface area contributed by atoms with Gasteiger partial charge in [0.25, 0.3) is 5.91 Å². The highest BCUT2D eigenvalue weighted by Gasteiger charge is 2.66. The van der Waals surface area contributed by atoms with Gasteiger partial charge in [-0.3, -0.25) is 10.0 Å². The molecule has 3 aliphatic carbocycles. The Bertz CT molecular complexity index is 725. The van der Waals surface area contributed by atoms with Crippen LogP contribution in [0.25, 0.3) is 0 Å². The molecule has 196 valence electrons. The Morgan fingerprint density at radius 3 is 2.21 bits per heavy atom. The van der Waals surface area contributed by atoms with Crippen LogP contribution in [-0.4, -0.2) is 33.4 Å². The van der Waals surface area contributed by atoms with Crippen molar-refractivity contribution in [2.45, 2.75) is 137 Å². The van der Waals surface area contributed by atoms with Gasteiger partial charge in [0.2, 0.25) is 0 Å². The van der Waals surface area contributed by atoms with Crippen LogP contribution in [0.15, 0.2) is 0 Å². The summed E-state index contributed by atoms with van der Waals surface area (Å²) in [5.41, 5.74) is -0.212. The van der Waals surface area contributed by atoms with Gasteiger partial charge in [-0.15, -0.1) is 0 Å². The first-order valence-electron chi connectivity index (χ1n) is 14.7. The summed E-state index contributed by atoms with van der Waals surface area (Å²) in [6.07, 6.45) is 13.4. The molecule has 0 aromatic heterocycles.